The molecule has 3 rings (SSSR count). The maximum absolute atomic E-state index is 4.76. The molecule has 0 amide bonds. The maximum Gasteiger partial charge on any atom is 0.0943 e. The molecule has 19 heavy (non-hydrogen) atoms. The summed E-state index contributed by atoms with van der Waals surface area (Å²) in [5, 5.41) is 4.77. The fourth-order valence-corrected chi connectivity index (χ4v) is 3.60. The van der Waals surface area contributed by atoms with Crippen molar-refractivity contribution in [2.24, 2.45) is 0 Å². The number of hydrogen-bond acceptors (Lipinski definition) is 4. The van der Waals surface area contributed by atoms with Crippen molar-refractivity contribution in [2.75, 3.05) is 6.54 Å². The third kappa shape index (κ3) is 3.39. The lowest BCUT2D eigenvalue weighted by atomic mass is 10.0. The van der Waals surface area contributed by atoms with Gasteiger partial charge in [0, 0.05) is 36.8 Å². The van der Waals surface area contributed by atoms with Crippen molar-refractivity contribution in [2.45, 2.75) is 38.6 Å². The second-order valence-electron chi connectivity index (χ2n) is 4.97. The quantitative estimate of drug-likeness (QED) is 0.851. The van der Waals surface area contributed by atoms with Gasteiger partial charge in [-0.15, -0.1) is 11.3 Å². The van der Waals surface area contributed by atoms with E-state index in [0.29, 0.717) is 0 Å². The lowest BCUT2D eigenvalue weighted by molar-refractivity contribution is 0.670. The van der Waals surface area contributed by atoms with Gasteiger partial charge in [0.1, 0.15) is 0 Å². The normalized spacial score (nSPS) is 14.3. The summed E-state index contributed by atoms with van der Waals surface area (Å²) in [6, 6.07) is 4.10. The van der Waals surface area contributed by atoms with E-state index in [9.17, 15) is 0 Å². The van der Waals surface area contributed by atoms with Gasteiger partial charge < -0.3 is 5.32 Å². The smallest absolute Gasteiger partial charge is 0.0943 e. The third-order valence-electron chi connectivity index (χ3n) is 3.48. The minimum Gasteiger partial charge on any atom is -0.312 e. The van der Waals surface area contributed by atoms with E-state index in [4.69, 9.17) is 4.98 Å². The Hall–Kier alpha value is -1.26. The largest absolute Gasteiger partial charge is 0.312 e. The molecular formula is C15H19N3S. The van der Waals surface area contributed by atoms with Gasteiger partial charge in [0.15, 0.2) is 0 Å². The highest BCUT2D eigenvalue weighted by atomic mass is 32.1. The predicted octanol–water partition coefficient (Wildman–Crippen LogP) is 2.75. The molecule has 0 radical (unpaired) electrons. The van der Waals surface area contributed by atoms with Gasteiger partial charge in [0.05, 0.1) is 10.7 Å². The van der Waals surface area contributed by atoms with Crippen LogP contribution >= 0.6 is 11.3 Å². The first-order valence-electron chi connectivity index (χ1n) is 6.99. The molecule has 0 bridgehead atoms. The molecule has 1 N–H and O–H groups in total. The Morgan fingerprint density at radius 2 is 2.00 bits per heavy atom. The summed E-state index contributed by atoms with van der Waals surface area (Å²) in [6.07, 6.45) is 9.82. The first-order valence-corrected chi connectivity index (χ1v) is 7.80. The monoisotopic (exact) mass is 273 g/mol. The van der Waals surface area contributed by atoms with Crippen molar-refractivity contribution in [1.82, 2.24) is 15.3 Å². The van der Waals surface area contributed by atoms with E-state index >= 15 is 0 Å². The predicted molar refractivity (Wildman–Crippen MR) is 78.4 cm³/mol. The molecule has 0 saturated carbocycles. The zero-order chi connectivity index (χ0) is 12.9. The second kappa shape index (κ2) is 6.26. The van der Waals surface area contributed by atoms with Crippen molar-refractivity contribution in [3.63, 3.8) is 0 Å². The van der Waals surface area contributed by atoms with Crippen LogP contribution in [0.15, 0.2) is 24.5 Å². The van der Waals surface area contributed by atoms with Crippen LogP contribution < -0.4 is 5.32 Å². The molecule has 0 aromatic carbocycles. The number of fused-ring (bicyclic) bond motifs is 1. The summed E-state index contributed by atoms with van der Waals surface area (Å²) >= 11 is 1.92. The average Bonchev–Trinajstić information content (AvgIpc) is 2.87. The lowest BCUT2D eigenvalue weighted by Gasteiger charge is -2.06. The summed E-state index contributed by atoms with van der Waals surface area (Å²) in [4.78, 5) is 10.3. The van der Waals surface area contributed by atoms with Crippen LogP contribution in [0.5, 0.6) is 0 Å². The van der Waals surface area contributed by atoms with Gasteiger partial charge in [0.25, 0.3) is 0 Å². The molecular weight excluding hydrogens is 254 g/mol. The number of rotatable bonds is 5. The summed E-state index contributed by atoms with van der Waals surface area (Å²) in [5.74, 6) is 0. The van der Waals surface area contributed by atoms with Crippen molar-refractivity contribution in [3.8, 4) is 0 Å². The summed E-state index contributed by atoms with van der Waals surface area (Å²) in [6.45, 7) is 1.91. The Morgan fingerprint density at radius 3 is 2.84 bits per heavy atom. The van der Waals surface area contributed by atoms with E-state index < -0.39 is 0 Å². The van der Waals surface area contributed by atoms with Gasteiger partial charge >= 0.3 is 0 Å². The first-order chi connectivity index (χ1) is 9.42. The molecule has 2 aromatic rings. The van der Waals surface area contributed by atoms with E-state index in [-0.39, 0.29) is 0 Å². The molecule has 0 aliphatic heterocycles. The first kappa shape index (κ1) is 12.8. The van der Waals surface area contributed by atoms with E-state index in [1.807, 2.05) is 23.7 Å². The van der Waals surface area contributed by atoms with Gasteiger partial charge in [-0.05, 0) is 43.4 Å². The van der Waals surface area contributed by atoms with Crippen LogP contribution in [0.1, 0.15) is 34.0 Å². The topological polar surface area (TPSA) is 37.8 Å². The van der Waals surface area contributed by atoms with Crippen LogP contribution in [0.25, 0.3) is 0 Å². The fourth-order valence-electron chi connectivity index (χ4n) is 2.44. The molecule has 0 unspecified atom stereocenters. The minimum absolute atomic E-state index is 0.910. The molecule has 0 atom stereocenters. The molecule has 0 spiro atoms. The van der Waals surface area contributed by atoms with Gasteiger partial charge in [-0.1, -0.05) is 0 Å². The highest BCUT2D eigenvalue weighted by Crippen LogP contribution is 2.26. The number of nitrogens with one attached hydrogen (secondary N) is 1. The highest BCUT2D eigenvalue weighted by molar-refractivity contribution is 7.11. The molecule has 2 heterocycles. The van der Waals surface area contributed by atoms with Gasteiger partial charge in [0.2, 0.25) is 0 Å². The van der Waals surface area contributed by atoms with Gasteiger partial charge in [-0.2, -0.15) is 0 Å². The Kier molecular flexibility index (Phi) is 4.20. The Labute approximate surface area is 118 Å². The molecule has 1 aliphatic carbocycles. The van der Waals surface area contributed by atoms with Crippen LogP contribution in [-0.4, -0.2) is 16.5 Å². The van der Waals surface area contributed by atoms with E-state index in [1.165, 1.54) is 46.8 Å². The van der Waals surface area contributed by atoms with Crippen LogP contribution in [-0.2, 0) is 25.8 Å². The average molecular weight is 273 g/mol. The van der Waals surface area contributed by atoms with Crippen LogP contribution in [0.2, 0.25) is 0 Å². The molecule has 2 aromatic heterocycles. The minimum atomic E-state index is 0.910. The molecule has 3 nitrogen and oxygen atoms in total. The zero-order valence-electron chi connectivity index (χ0n) is 11.1. The zero-order valence-corrected chi connectivity index (χ0v) is 11.9. The van der Waals surface area contributed by atoms with Gasteiger partial charge in [-0.3, -0.25) is 4.98 Å². The standard InChI is InChI=1S/C15H19N3S/c1-2-4-14-13(3-1)18-15(19-14)7-10-17-11-12-5-8-16-9-6-12/h5-6,8-9,17H,1-4,7,10-11H2. The van der Waals surface area contributed by atoms with E-state index in [1.54, 1.807) is 0 Å². The highest BCUT2D eigenvalue weighted by Gasteiger charge is 2.14. The second-order valence-corrected chi connectivity index (χ2v) is 6.13. The fraction of sp³-hybridized carbons (Fsp3) is 0.467. The van der Waals surface area contributed by atoms with Gasteiger partial charge in [-0.25, -0.2) is 4.98 Å². The molecule has 0 saturated heterocycles. The number of thiazole rings is 1. The lowest BCUT2D eigenvalue weighted by Crippen LogP contribution is -2.16. The molecule has 0 fully saturated rings. The van der Waals surface area contributed by atoms with E-state index in [0.717, 1.165) is 19.5 Å². The molecule has 4 heteroatoms. The summed E-state index contributed by atoms with van der Waals surface area (Å²) in [7, 11) is 0. The summed E-state index contributed by atoms with van der Waals surface area (Å²) in [5.41, 5.74) is 2.66. The maximum atomic E-state index is 4.76. The van der Waals surface area contributed by atoms with Crippen LogP contribution in [0.4, 0.5) is 0 Å². The Bertz CT molecular complexity index is 498. The Balaban J connectivity index is 1.46. The SMILES string of the molecule is c1cc(CNCCc2nc3c(s2)CCCC3)ccn1. The van der Waals surface area contributed by atoms with E-state index in [2.05, 4.69) is 22.4 Å². The number of aromatic nitrogens is 2. The van der Waals surface area contributed by atoms with Crippen molar-refractivity contribution < 1.29 is 0 Å². The summed E-state index contributed by atoms with van der Waals surface area (Å²) < 4.78 is 0. The van der Waals surface area contributed by atoms with Crippen LogP contribution in [0.3, 0.4) is 0 Å². The number of pyridine rings is 1. The third-order valence-corrected chi connectivity index (χ3v) is 4.70. The van der Waals surface area contributed by atoms with Crippen molar-refractivity contribution in [1.29, 1.82) is 0 Å². The van der Waals surface area contributed by atoms with Crippen molar-refractivity contribution >= 4 is 11.3 Å². The van der Waals surface area contributed by atoms with Crippen molar-refractivity contribution in [3.05, 3.63) is 45.7 Å². The molecule has 1 aliphatic rings. The molecule has 100 valence electrons. The number of nitrogens with zero attached hydrogens (tertiary/aromatic N) is 2. The number of aryl methyl sites for hydroxylation is 2. The van der Waals surface area contributed by atoms with Crippen LogP contribution in [0, 0.1) is 0 Å². The number of hydrogen-bond donors (Lipinski definition) is 1. The Morgan fingerprint density at radius 1 is 1.16 bits per heavy atom.